The lowest BCUT2D eigenvalue weighted by Crippen LogP contribution is -2.59. The maximum atomic E-state index is 12.0. The third-order valence-electron chi connectivity index (χ3n) is 3.07. The quantitative estimate of drug-likeness (QED) is 0.805. The molecule has 1 aliphatic heterocycles. The van der Waals surface area contributed by atoms with Gasteiger partial charge in [-0.2, -0.15) is 4.31 Å². The summed E-state index contributed by atoms with van der Waals surface area (Å²) in [5.74, 6) is 0.0376. The number of nitrogens with two attached hydrogens (primary N) is 1. The number of carbonyl (C=O) groups is 1. The highest BCUT2D eigenvalue weighted by molar-refractivity contribution is 7.89. The predicted octanol–water partition coefficient (Wildman–Crippen LogP) is 0.216. The number of hydrogen-bond donors (Lipinski definition) is 1. The van der Waals surface area contributed by atoms with Crippen LogP contribution in [0.2, 0.25) is 0 Å². The second kappa shape index (κ2) is 6.28. The van der Waals surface area contributed by atoms with Crippen LogP contribution < -0.4 is 5.73 Å². The number of carbonyl (C=O) groups excluding carboxylic acids is 1. The number of ether oxygens (including phenoxy) is 1. The summed E-state index contributed by atoms with van der Waals surface area (Å²) in [4.78, 5) is 13.5. The highest BCUT2D eigenvalue weighted by Crippen LogP contribution is 2.17. The molecule has 0 aromatic carbocycles. The van der Waals surface area contributed by atoms with Gasteiger partial charge in [-0.15, -0.1) is 0 Å². The van der Waals surface area contributed by atoms with Crippen molar-refractivity contribution in [3.63, 3.8) is 0 Å². The minimum Gasteiger partial charge on any atom is -0.444 e. The van der Waals surface area contributed by atoms with E-state index < -0.39 is 21.7 Å². The standard InChI is InChI=1S/C12H25N3O4S/c1-5-20(17,18)15-7-6-14(9-10(15)8-13)11(16)19-12(2,3)4/h10H,5-9,13H2,1-4H3. The summed E-state index contributed by atoms with van der Waals surface area (Å²) in [5.41, 5.74) is 5.08. The number of sulfonamides is 1. The van der Waals surface area contributed by atoms with E-state index in [1.807, 2.05) is 0 Å². The molecule has 0 bridgehead atoms. The molecular weight excluding hydrogens is 282 g/mol. The molecule has 1 aliphatic rings. The van der Waals surface area contributed by atoms with Crippen molar-refractivity contribution in [3.05, 3.63) is 0 Å². The van der Waals surface area contributed by atoms with Gasteiger partial charge in [0.15, 0.2) is 0 Å². The van der Waals surface area contributed by atoms with Gasteiger partial charge in [0.05, 0.1) is 11.8 Å². The number of nitrogens with zero attached hydrogens (tertiary/aromatic N) is 2. The van der Waals surface area contributed by atoms with E-state index in [-0.39, 0.29) is 31.4 Å². The second-order valence-corrected chi connectivity index (χ2v) is 8.04. The van der Waals surface area contributed by atoms with Crippen molar-refractivity contribution in [1.29, 1.82) is 0 Å². The number of amides is 1. The normalized spacial score (nSPS) is 21.9. The van der Waals surface area contributed by atoms with Gasteiger partial charge in [-0.05, 0) is 27.7 Å². The van der Waals surface area contributed by atoms with Crippen LogP contribution in [0.1, 0.15) is 27.7 Å². The van der Waals surface area contributed by atoms with Crippen molar-refractivity contribution in [2.75, 3.05) is 31.9 Å². The summed E-state index contributed by atoms with van der Waals surface area (Å²) in [6.45, 7) is 8.02. The van der Waals surface area contributed by atoms with Gasteiger partial charge in [-0.1, -0.05) is 0 Å². The van der Waals surface area contributed by atoms with Gasteiger partial charge >= 0.3 is 6.09 Å². The van der Waals surface area contributed by atoms with E-state index in [2.05, 4.69) is 0 Å². The molecule has 118 valence electrons. The third kappa shape index (κ3) is 4.32. The molecule has 7 nitrogen and oxygen atoms in total. The average Bonchev–Trinajstić information content (AvgIpc) is 2.35. The Labute approximate surface area is 121 Å². The Hall–Kier alpha value is -0.860. The molecule has 0 aromatic rings. The molecular formula is C12H25N3O4S. The second-order valence-electron chi connectivity index (χ2n) is 5.83. The molecule has 1 saturated heterocycles. The first-order valence-corrected chi connectivity index (χ1v) is 8.39. The fourth-order valence-electron chi connectivity index (χ4n) is 2.06. The minimum atomic E-state index is -3.29. The molecule has 8 heteroatoms. The lowest BCUT2D eigenvalue weighted by Gasteiger charge is -2.40. The van der Waals surface area contributed by atoms with Gasteiger partial charge in [-0.25, -0.2) is 13.2 Å². The smallest absolute Gasteiger partial charge is 0.410 e. The molecule has 0 aromatic heterocycles. The highest BCUT2D eigenvalue weighted by atomic mass is 32.2. The minimum absolute atomic E-state index is 0.0376. The third-order valence-corrected chi connectivity index (χ3v) is 5.00. The van der Waals surface area contributed by atoms with Crippen LogP contribution in [0, 0.1) is 0 Å². The predicted molar refractivity (Wildman–Crippen MR) is 76.8 cm³/mol. The Kier molecular flexibility index (Phi) is 5.39. The Morgan fingerprint density at radius 2 is 1.95 bits per heavy atom. The zero-order valence-electron chi connectivity index (χ0n) is 12.6. The van der Waals surface area contributed by atoms with Gasteiger partial charge in [0, 0.05) is 26.2 Å². The SMILES string of the molecule is CCS(=O)(=O)N1CCN(C(=O)OC(C)(C)C)CC1CN. The summed E-state index contributed by atoms with van der Waals surface area (Å²) in [7, 11) is -3.29. The van der Waals surface area contributed by atoms with Crippen molar-refractivity contribution >= 4 is 16.1 Å². The van der Waals surface area contributed by atoms with Crippen molar-refractivity contribution in [1.82, 2.24) is 9.21 Å². The lowest BCUT2D eigenvalue weighted by atomic mass is 10.2. The number of piperazine rings is 1. The van der Waals surface area contributed by atoms with Crippen molar-refractivity contribution < 1.29 is 17.9 Å². The van der Waals surface area contributed by atoms with Crippen LogP contribution in [-0.4, -0.2) is 67.3 Å². The summed E-state index contributed by atoms with van der Waals surface area (Å²) in [6, 6.07) is -0.388. The van der Waals surface area contributed by atoms with Gasteiger partial charge in [0.1, 0.15) is 5.60 Å². The van der Waals surface area contributed by atoms with Crippen LogP contribution >= 0.6 is 0 Å². The molecule has 1 rings (SSSR count). The monoisotopic (exact) mass is 307 g/mol. The van der Waals surface area contributed by atoms with Gasteiger partial charge in [0.25, 0.3) is 0 Å². The largest absolute Gasteiger partial charge is 0.444 e. The zero-order valence-corrected chi connectivity index (χ0v) is 13.4. The van der Waals surface area contributed by atoms with E-state index in [9.17, 15) is 13.2 Å². The molecule has 1 fully saturated rings. The first-order valence-electron chi connectivity index (χ1n) is 6.78. The average molecular weight is 307 g/mol. The van der Waals surface area contributed by atoms with Crippen LogP contribution in [-0.2, 0) is 14.8 Å². The number of hydrogen-bond acceptors (Lipinski definition) is 5. The zero-order chi connectivity index (χ0) is 15.6. The molecule has 1 heterocycles. The molecule has 1 amide bonds. The van der Waals surface area contributed by atoms with E-state index in [1.54, 1.807) is 27.7 Å². The van der Waals surface area contributed by atoms with Crippen LogP contribution in [0.15, 0.2) is 0 Å². The Morgan fingerprint density at radius 3 is 2.40 bits per heavy atom. The summed E-state index contributed by atoms with van der Waals surface area (Å²) in [5, 5.41) is 0. The molecule has 1 atom stereocenters. The Morgan fingerprint density at radius 1 is 1.35 bits per heavy atom. The molecule has 20 heavy (non-hydrogen) atoms. The van der Waals surface area contributed by atoms with Crippen molar-refractivity contribution in [2.24, 2.45) is 5.73 Å². The van der Waals surface area contributed by atoms with Gasteiger partial charge < -0.3 is 15.4 Å². The molecule has 0 aliphatic carbocycles. The fraction of sp³-hybridized carbons (Fsp3) is 0.917. The fourth-order valence-corrected chi connectivity index (χ4v) is 3.35. The maximum Gasteiger partial charge on any atom is 0.410 e. The summed E-state index contributed by atoms with van der Waals surface area (Å²) in [6.07, 6.45) is -0.426. The van der Waals surface area contributed by atoms with Crippen molar-refractivity contribution in [3.8, 4) is 0 Å². The first-order chi connectivity index (χ1) is 9.10. The van der Waals surface area contributed by atoms with E-state index in [4.69, 9.17) is 10.5 Å². The van der Waals surface area contributed by atoms with Gasteiger partial charge in [0.2, 0.25) is 10.0 Å². The maximum absolute atomic E-state index is 12.0. The van der Waals surface area contributed by atoms with Crippen LogP contribution in [0.3, 0.4) is 0 Å². The van der Waals surface area contributed by atoms with E-state index >= 15 is 0 Å². The molecule has 0 radical (unpaired) electrons. The van der Waals surface area contributed by atoms with Crippen LogP contribution in [0.5, 0.6) is 0 Å². The molecule has 2 N–H and O–H groups in total. The highest BCUT2D eigenvalue weighted by Gasteiger charge is 2.36. The molecule has 1 unspecified atom stereocenters. The first kappa shape index (κ1) is 17.2. The Bertz CT molecular complexity index is 444. The van der Waals surface area contributed by atoms with Gasteiger partial charge in [-0.3, -0.25) is 0 Å². The topological polar surface area (TPSA) is 92.9 Å². The van der Waals surface area contributed by atoms with Crippen LogP contribution in [0.4, 0.5) is 4.79 Å². The van der Waals surface area contributed by atoms with E-state index in [0.29, 0.717) is 6.54 Å². The van der Waals surface area contributed by atoms with E-state index in [1.165, 1.54) is 9.21 Å². The molecule has 0 spiro atoms. The van der Waals surface area contributed by atoms with E-state index in [0.717, 1.165) is 0 Å². The summed E-state index contributed by atoms with van der Waals surface area (Å²) >= 11 is 0. The summed E-state index contributed by atoms with van der Waals surface area (Å²) < 4.78 is 30.6. The Balaban J connectivity index is 2.75. The van der Waals surface area contributed by atoms with Crippen LogP contribution in [0.25, 0.3) is 0 Å². The van der Waals surface area contributed by atoms with Crippen molar-refractivity contribution in [2.45, 2.75) is 39.3 Å². The lowest BCUT2D eigenvalue weighted by molar-refractivity contribution is 0.0138. The molecule has 0 saturated carbocycles. The number of rotatable bonds is 3.